The minimum atomic E-state index is -3.85. The number of carbonyl (C=O) groups is 1. The molecule has 1 amide bonds. The number of amides is 1. The number of hydrogen-bond donors (Lipinski definition) is 1. The van der Waals surface area contributed by atoms with E-state index in [4.69, 9.17) is 21.1 Å². The zero-order valence-electron chi connectivity index (χ0n) is 17.3. The van der Waals surface area contributed by atoms with Crippen LogP contribution in [0.3, 0.4) is 0 Å². The predicted octanol–water partition coefficient (Wildman–Crippen LogP) is 3.99. The Hall–Kier alpha value is -2.45. The number of anilines is 1. The Morgan fingerprint density at radius 2 is 1.81 bits per heavy atom. The highest BCUT2D eigenvalue weighted by atomic mass is 35.5. The first-order valence-electron chi connectivity index (χ1n) is 10.3. The average molecular weight is 465 g/mol. The first kappa shape index (κ1) is 21.8. The monoisotopic (exact) mass is 464 g/mol. The Labute approximate surface area is 187 Å². The van der Waals surface area contributed by atoms with Crippen molar-refractivity contribution in [1.82, 2.24) is 4.90 Å². The van der Waals surface area contributed by atoms with E-state index in [9.17, 15) is 13.2 Å². The fraction of sp³-hybridized carbons (Fsp3) is 0.409. The van der Waals surface area contributed by atoms with Crippen LogP contribution in [0.15, 0.2) is 41.3 Å². The molecule has 0 unspecified atom stereocenters. The lowest BCUT2D eigenvalue weighted by atomic mass is 10.2. The molecule has 166 valence electrons. The number of nitrogens with zero attached hydrogens (tertiary/aromatic N) is 1. The maximum atomic E-state index is 12.8. The van der Waals surface area contributed by atoms with Crippen LogP contribution in [0, 0.1) is 6.92 Å². The second-order valence-corrected chi connectivity index (χ2v) is 9.92. The minimum Gasteiger partial charge on any atom is -0.485 e. The molecule has 1 fully saturated rings. The van der Waals surface area contributed by atoms with Gasteiger partial charge in [-0.15, -0.1) is 0 Å². The molecule has 2 heterocycles. The van der Waals surface area contributed by atoms with Crippen molar-refractivity contribution in [2.75, 3.05) is 24.4 Å². The average Bonchev–Trinajstić information content (AvgIpc) is 3.04. The van der Waals surface area contributed by atoms with Crippen molar-refractivity contribution in [1.29, 1.82) is 0 Å². The van der Waals surface area contributed by atoms with Gasteiger partial charge in [-0.05, 0) is 49.6 Å². The van der Waals surface area contributed by atoms with Crippen molar-refractivity contribution in [2.24, 2.45) is 0 Å². The summed E-state index contributed by atoms with van der Waals surface area (Å²) < 4.78 is 39.7. The third kappa shape index (κ3) is 4.91. The van der Waals surface area contributed by atoms with Gasteiger partial charge in [0.2, 0.25) is 6.10 Å². The molecule has 0 spiro atoms. The van der Waals surface area contributed by atoms with Gasteiger partial charge in [-0.1, -0.05) is 30.5 Å². The molecule has 2 aromatic carbocycles. The highest BCUT2D eigenvalue weighted by Gasteiger charge is 2.32. The van der Waals surface area contributed by atoms with Crippen LogP contribution in [-0.2, 0) is 14.8 Å². The van der Waals surface area contributed by atoms with E-state index in [1.54, 1.807) is 18.2 Å². The van der Waals surface area contributed by atoms with Gasteiger partial charge in [0.05, 0.1) is 10.6 Å². The number of ether oxygens (including phenoxy) is 2. The van der Waals surface area contributed by atoms with E-state index in [0.717, 1.165) is 44.3 Å². The molecule has 0 radical (unpaired) electrons. The summed E-state index contributed by atoms with van der Waals surface area (Å²) in [7, 11) is -3.85. The maximum absolute atomic E-state index is 12.8. The second-order valence-electron chi connectivity index (χ2n) is 7.83. The summed E-state index contributed by atoms with van der Waals surface area (Å²) in [6.45, 7) is 3.36. The molecular weight excluding hydrogens is 440 g/mol. The third-order valence-electron chi connectivity index (χ3n) is 5.50. The summed E-state index contributed by atoms with van der Waals surface area (Å²) >= 11 is 6.09. The van der Waals surface area contributed by atoms with Crippen LogP contribution in [0.4, 0.5) is 5.69 Å². The quantitative estimate of drug-likeness (QED) is 0.739. The number of fused-ring (bicyclic) bond motifs is 1. The number of halogens is 1. The number of likely N-dealkylation sites (tertiary alicyclic amines) is 1. The molecule has 7 nitrogen and oxygen atoms in total. The summed E-state index contributed by atoms with van der Waals surface area (Å²) in [4.78, 5) is 14.7. The topological polar surface area (TPSA) is 84.9 Å². The van der Waals surface area contributed by atoms with E-state index < -0.39 is 16.1 Å². The van der Waals surface area contributed by atoms with Crippen molar-refractivity contribution >= 4 is 33.2 Å². The second kappa shape index (κ2) is 8.96. The molecule has 1 atom stereocenters. The minimum absolute atomic E-state index is 0.0313. The van der Waals surface area contributed by atoms with Crippen LogP contribution >= 0.6 is 11.6 Å². The van der Waals surface area contributed by atoms with Crippen molar-refractivity contribution in [3.63, 3.8) is 0 Å². The smallest absolute Gasteiger partial charge is 0.267 e. The number of benzene rings is 2. The molecule has 2 aliphatic heterocycles. The molecule has 0 aliphatic carbocycles. The van der Waals surface area contributed by atoms with Crippen LogP contribution in [-0.4, -0.2) is 45.0 Å². The Morgan fingerprint density at radius 1 is 1.06 bits per heavy atom. The summed E-state index contributed by atoms with van der Waals surface area (Å²) in [6.07, 6.45) is 3.54. The summed E-state index contributed by atoms with van der Waals surface area (Å²) in [6, 6.07) is 9.31. The summed E-state index contributed by atoms with van der Waals surface area (Å²) in [5, 5.41) is 0.475. The number of hydrogen-bond acceptors (Lipinski definition) is 5. The van der Waals surface area contributed by atoms with Gasteiger partial charge >= 0.3 is 0 Å². The van der Waals surface area contributed by atoms with Crippen molar-refractivity contribution in [3.05, 3.63) is 47.0 Å². The number of rotatable bonds is 4. The van der Waals surface area contributed by atoms with Gasteiger partial charge < -0.3 is 14.4 Å². The van der Waals surface area contributed by atoms with Gasteiger partial charge in [-0.3, -0.25) is 9.52 Å². The maximum Gasteiger partial charge on any atom is 0.267 e. The Morgan fingerprint density at radius 3 is 2.52 bits per heavy atom. The Bertz CT molecular complexity index is 1080. The fourth-order valence-corrected chi connectivity index (χ4v) is 4.95. The summed E-state index contributed by atoms with van der Waals surface area (Å²) in [5.41, 5.74) is 1.22. The van der Waals surface area contributed by atoms with Gasteiger partial charge in [0.1, 0.15) is 6.61 Å². The van der Waals surface area contributed by atoms with E-state index in [1.165, 1.54) is 18.2 Å². The third-order valence-corrected chi connectivity index (χ3v) is 7.29. The van der Waals surface area contributed by atoms with Crippen molar-refractivity contribution in [3.8, 4) is 11.5 Å². The van der Waals surface area contributed by atoms with Gasteiger partial charge in [0.25, 0.3) is 15.9 Å². The van der Waals surface area contributed by atoms with E-state index >= 15 is 0 Å². The highest BCUT2D eigenvalue weighted by molar-refractivity contribution is 7.92. The zero-order valence-corrected chi connectivity index (χ0v) is 18.8. The molecular formula is C22H25ClN2O5S. The lowest BCUT2D eigenvalue weighted by Gasteiger charge is -2.30. The molecule has 4 rings (SSSR count). The van der Waals surface area contributed by atoms with Gasteiger partial charge in [0, 0.05) is 24.2 Å². The van der Waals surface area contributed by atoms with Crippen LogP contribution in [0.25, 0.3) is 0 Å². The molecule has 2 aliphatic rings. The summed E-state index contributed by atoms with van der Waals surface area (Å²) in [5.74, 6) is 0.573. The lowest BCUT2D eigenvalue weighted by molar-refractivity contribution is -0.141. The van der Waals surface area contributed by atoms with Gasteiger partial charge in [-0.25, -0.2) is 8.42 Å². The SMILES string of the molecule is Cc1ccc(NS(=O)(=O)c2ccc3c(c2)OC[C@@H](C(=O)N2CCCCCC2)O3)cc1Cl. The predicted molar refractivity (Wildman–Crippen MR) is 118 cm³/mol. The molecule has 0 bridgehead atoms. The number of nitrogens with one attached hydrogen (secondary N) is 1. The molecule has 0 saturated carbocycles. The molecule has 1 saturated heterocycles. The van der Waals surface area contributed by atoms with Gasteiger partial charge in [0.15, 0.2) is 11.5 Å². The van der Waals surface area contributed by atoms with Gasteiger partial charge in [-0.2, -0.15) is 0 Å². The standard InChI is InChI=1S/C22H25ClN2O5S/c1-15-6-7-16(12-18(15)23)24-31(27,28)17-8-9-19-20(13-17)29-14-21(30-19)22(26)25-10-4-2-3-5-11-25/h6-9,12-13,21,24H,2-5,10-11,14H2,1H3/t21-/m0/s1. The normalized spacial score (nSPS) is 18.9. The van der Waals surface area contributed by atoms with Crippen LogP contribution in [0.2, 0.25) is 5.02 Å². The van der Waals surface area contributed by atoms with E-state index in [1.807, 2.05) is 11.8 Å². The van der Waals surface area contributed by atoms with E-state index in [2.05, 4.69) is 4.72 Å². The number of sulfonamides is 1. The van der Waals surface area contributed by atoms with Crippen LogP contribution in [0.1, 0.15) is 31.2 Å². The zero-order chi connectivity index (χ0) is 22.0. The first-order chi connectivity index (χ1) is 14.8. The van der Waals surface area contributed by atoms with Crippen molar-refractivity contribution < 1.29 is 22.7 Å². The van der Waals surface area contributed by atoms with Crippen molar-refractivity contribution in [2.45, 2.75) is 43.6 Å². The molecule has 2 aromatic rings. The fourth-order valence-electron chi connectivity index (χ4n) is 3.71. The molecule has 9 heteroatoms. The van der Waals surface area contributed by atoms with E-state index in [-0.39, 0.29) is 17.4 Å². The lowest BCUT2D eigenvalue weighted by Crippen LogP contribution is -2.46. The van der Waals surface area contributed by atoms with Crippen LogP contribution in [0.5, 0.6) is 11.5 Å². The number of aryl methyl sites for hydroxylation is 1. The molecule has 0 aromatic heterocycles. The Kier molecular flexibility index (Phi) is 6.29. The Balaban J connectivity index is 1.48. The first-order valence-corrected chi connectivity index (χ1v) is 12.2. The highest BCUT2D eigenvalue weighted by Crippen LogP contribution is 2.35. The van der Waals surface area contributed by atoms with Crippen LogP contribution < -0.4 is 14.2 Å². The molecule has 31 heavy (non-hydrogen) atoms. The number of carbonyl (C=O) groups excluding carboxylic acids is 1. The van der Waals surface area contributed by atoms with E-state index in [0.29, 0.717) is 22.2 Å². The molecule has 1 N–H and O–H groups in total. The largest absolute Gasteiger partial charge is 0.485 e.